The highest BCUT2D eigenvalue weighted by Gasteiger charge is 2.28. The lowest BCUT2D eigenvalue weighted by atomic mass is 10.1. The van der Waals surface area contributed by atoms with Crippen molar-refractivity contribution in [1.82, 2.24) is 20.5 Å². The third kappa shape index (κ3) is 4.87. The third-order valence-electron chi connectivity index (χ3n) is 4.52. The minimum Gasteiger partial charge on any atom is -0.379 e. The predicted molar refractivity (Wildman–Crippen MR) is 94.4 cm³/mol. The van der Waals surface area contributed by atoms with E-state index in [1.54, 1.807) is 16.8 Å². The Kier molecular flexibility index (Phi) is 6.17. The number of aryl methyl sites for hydroxylation is 2. The van der Waals surface area contributed by atoms with E-state index in [4.69, 9.17) is 9.47 Å². The van der Waals surface area contributed by atoms with Gasteiger partial charge in [0.1, 0.15) is 6.10 Å². The lowest BCUT2D eigenvalue weighted by Crippen LogP contribution is -2.50. The number of nitrogens with one attached hydrogen (secondary N) is 2. The molecule has 0 unspecified atom stereocenters. The van der Waals surface area contributed by atoms with Crippen LogP contribution in [0.3, 0.4) is 0 Å². The Morgan fingerprint density at radius 2 is 2.40 bits per heavy atom. The average Bonchev–Trinajstić information content (AvgIpc) is 3.24. The Hall–Kier alpha value is -1.77. The highest BCUT2D eigenvalue weighted by molar-refractivity contribution is 7.07. The van der Waals surface area contributed by atoms with Crippen molar-refractivity contribution in [1.29, 1.82) is 0 Å². The van der Waals surface area contributed by atoms with Gasteiger partial charge in [0.25, 0.3) is 0 Å². The maximum atomic E-state index is 12.3. The number of nitrogens with zero attached hydrogens (tertiary/aromatic N) is 2. The van der Waals surface area contributed by atoms with Crippen LogP contribution in [-0.4, -0.2) is 46.4 Å². The molecule has 1 amide bonds. The number of aromatic amines is 1. The number of carbonyl (C=O) groups excluding carboxylic acids is 1. The number of hydrogen-bond acceptors (Lipinski definition) is 6. The first-order chi connectivity index (χ1) is 12.1. The number of thiazole rings is 1. The van der Waals surface area contributed by atoms with Crippen molar-refractivity contribution in [2.45, 2.75) is 51.9 Å². The molecular formula is C17H24N4O3S. The molecule has 0 spiro atoms. The molecule has 1 aliphatic rings. The number of rotatable bonds is 7. The van der Waals surface area contributed by atoms with Gasteiger partial charge in [-0.05, 0) is 25.8 Å². The number of hydrogen-bond donors (Lipinski definition) is 2. The molecule has 136 valence electrons. The molecule has 0 aliphatic carbocycles. The zero-order valence-corrected chi connectivity index (χ0v) is 15.4. The molecule has 3 heterocycles. The van der Waals surface area contributed by atoms with Gasteiger partial charge in [0.05, 0.1) is 36.2 Å². The van der Waals surface area contributed by atoms with Gasteiger partial charge >= 0.3 is 0 Å². The molecule has 0 saturated carbocycles. The monoisotopic (exact) mass is 364 g/mol. The van der Waals surface area contributed by atoms with E-state index < -0.39 is 0 Å². The molecule has 1 saturated heterocycles. The van der Waals surface area contributed by atoms with Gasteiger partial charge in [0.2, 0.25) is 5.91 Å². The second kappa shape index (κ2) is 8.55. The Morgan fingerprint density at radius 3 is 3.12 bits per heavy atom. The van der Waals surface area contributed by atoms with Gasteiger partial charge in [-0.3, -0.25) is 9.89 Å². The van der Waals surface area contributed by atoms with Crippen LogP contribution in [0.15, 0.2) is 10.9 Å². The summed E-state index contributed by atoms with van der Waals surface area (Å²) in [5.74, 6) is 0.0224. The molecule has 25 heavy (non-hydrogen) atoms. The van der Waals surface area contributed by atoms with E-state index >= 15 is 0 Å². The maximum absolute atomic E-state index is 12.3. The summed E-state index contributed by atoms with van der Waals surface area (Å²) in [5, 5.41) is 12.3. The molecular weight excluding hydrogens is 340 g/mol. The van der Waals surface area contributed by atoms with Gasteiger partial charge in [-0.1, -0.05) is 0 Å². The number of ether oxygens (including phenoxy) is 2. The summed E-state index contributed by atoms with van der Waals surface area (Å²) in [4.78, 5) is 16.5. The van der Waals surface area contributed by atoms with E-state index in [9.17, 15) is 4.79 Å². The Bertz CT molecular complexity index is 686. The smallest absolute Gasteiger partial charge is 0.220 e. The van der Waals surface area contributed by atoms with Gasteiger partial charge in [0, 0.05) is 30.5 Å². The summed E-state index contributed by atoms with van der Waals surface area (Å²) in [7, 11) is 0. The van der Waals surface area contributed by atoms with Gasteiger partial charge in [-0.25, -0.2) is 4.98 Å². The summed E-state index contributed by atoms with van der Waals surface area (Å²) in [6.45, 7) is 5.58. The van der Waals surface area contributed by atoms with Gasteiger partial charge in [0.15, 0.2) is 0 Å². The zero-order chi connectivity index (χ0) is 17.6. The first-order valence-corrected chi connectivity index (χ1v) is 9.44. The van der Waals surface area contributed by atoms with Crippen LogP contribution in [0, 0.1) is 13.8 Å². The van der Waals surface area contributed by atoms with E-state index in [0.29, 0.717) is 32.7 Å². The molecule has 0 bridgehead atoms. The van der Waals surface area contributed by atoms with Crippen LogP contribution in [0.2, 0.25) is 0 Å². The van der Waals surface area contributed by atoms with Crippen molar-refractivity contribution < 1.29 is 14.3 Å². The number of aromatic nitrogens is 3. The van der Waals surface area contributed by atoms with Crippen LogP contribution in [0.4, 0.5) is 0 Å². The van der Waals surface area contributed by atoms with Crippen LogP contribution in [0.25, 0.3) is 0 Å². The second-order valence-corrected chi connectivity index (χ2v) is 7.01. The van der Waals surface area contributed by atoms with Crippen molar-refractivity contribution in [3.05, 3.63) is 33.5 Å². The maximum Gasteiger partial charge on any atom is 0.220 e. The molecule has 7 nitrogen and oxygen atoms in total. The second-order valence-electron chi connectivity index (χ2n) is 6.29. The zero-order valence-electron chi connectivity index (χ0n) is 14.6. The number of H-pyrrole nitrogens is 1. The van der Waals surface area contributed by atoms with Gasteiger partial charge < -0.3 is 14.8 Å². The molecule has 2 aromatic heterocycles. The Labute approximate surface area is 151 Å². The van der Waals surface area contributed by atoms with E-state index in [2.05, 4.69) is 20.5 Å². The largest absolute Gasteiger partial charge is 0.379 e. The molecule has 2 aromatic rings. The fraction of sp³-hybridized carbons (Fsp3) is 0.588. The molecule has 1 fully saturated rings. The van der Waals surface area contributed by atoms with Crippen LogP contribution in [0.5, 0.6) is 0 Å². The first-order valence-electron chi connectivity index (χ1n) is 8.49. The summed E-state index contributed by atoms with van der Waals surface area (Å²) in [6, 6.07) is -0.0260. The highest BCUT2D eigenvalue weighted by atomic mass is 32.1. The predicted octanol–water partition coefficient (Wildman–Crippen LogP) is 1.91. The van der Waals surface area contributed by atoms with Gasteiger partial charge in [-0.2, -0.15) is 5.10 Å². The quantitative estimate of drug-likeness (QED) is 0.783. The highest BCUT2D eigenvalue weighted by Crippen LogP contribution is 2.15. The van der Waals surface area contributed by atoms with E-state index in [1.165, 1.54) is 0 Å². The van der Waals surface area contributed by atoms with Gasteiger partial charge in [-0.15, -0.1) is 11.3 Å². The molecule has 2 N–H and O–H groups in total. The SMILES string of the molecule is Cc1[nH]nc(CCC(=O)N[C@@H]2CCOC[C@H]2OCc2cscn2)c1C. The standard InChI is InChI=1S/C17H24N4O3S/c1-11-12(2)20-21-14(11)3-4-17(22)19-15-5-6-23-8-16(15)24-7-13-9-25-10-18-13/h9-10,15-16H,3-8H2,1-2H3,(H,19,22)(H,20,21)/t15-,16-/m1/s1. The van der Waals surface area contributed by atoms with Crippen molar-refractivity contribution >= 4 is 17.2 Å². The molecule has 8 heteroatoms. The summed E-state index contributed by atoms with van der Waals surface area (Å²) < 4.78 is 11.4. The van der Waals surface area contributed by atoms with E-state index in [-0.39, 0.29) is 18.1 Å². The fourth-order valence-electron chi connectivity index (χ4n) is 2.83. The topological polar surface area (TPSA) is 89.1 Å². The summed E-state index contributed by atoms with van der Waals surface area (Å²) in [6.07, 6.45) is 1.67. The van der Waals surface area contributed by atoms with Crippen LogP contribution in [0.1, 0.15) is 35.5 Å². The van der Waals surface area contributed by atoms with Crippen LogP contribution >= 0.6 is 11.3 Å². The molecule has 0 aromatic carbocycles. The molecule has 2 atom stereocenters. The van der Waals surface area contributed by atoms with Crippen molar-refractivity contribution in [2.75, 3.05) is 13.2 Å². The summed E-state index contributed by atoms with van der Waals surface area (Å²) >= 11 is 1.54. The fourth-order valence-corrected chi connectivity index (χ4v) is 3.38. The Balaban J connectivity index is 1.48. The van der Waals surface area contributed by atoms with Crippen molar-refractivity contribution in [3.63, 3.8) is 0 Å². The van der Waals surface area contributed by atoms with Crippen LogP contribution in [-0.2, 0) is 27.3 Å². The van der Waals surface area contributed by atoms with Crippen molar-refractivity contribution in [3.8, 4) is 0 Å². The van der Waals surface area contributed by atoms with Crippen molar-refractivity contribution in [2.24, 2.45) is 0 Å². The molecule has 3 rings (SSSR count). The number of amides is 1. The number of carbonyl (C=O) groups is 1. The summed E-state index contributed by atoms with van der Waals surface area (Å²) in [5.41, 5.74) is 5.83. The average molecular weight is 364 g/mol. The van der Waals surface area contributed by atoms with Crippen LogP contribution < -0.4 is 5.32 Å². The molecule has 0 radical (unpaired) electrons. The van der Waals surface area contributed by atoms with E-state index in [0.717, 1.165) is 29.1 Å². The normalized spacial score (nSPS) is 20.6. The minimum absolute atomic E-state index is 0.0224. The minimum atomic E-state index is -0.145. The van der Waals surface area contributed by atoms with E-state index in [1.807, 2.05) is 19.2 Å². The lowest BCUT2D eigenvalue weighted by Gasteiger charge is -2.32. The first kappa shape index (κ1) is 18.0. The lowest BCUT2D eigenvalue weighted by molar-refractivity contribution is -0.126. The molecule has 1 aliphatic heterocycles. The Morgan fingerprint density at radius 1 is 1.52 bits per heavy atom. The third-order valence-corrected chi connectivity index (χ3v) is 5.16.